The minimum Gasteiger partial charge on any atom is -0.346 e. The fourth-order valence-electron chi connectivity index (χ4n) is 1.02. The Morgan fingerprint density at radius 3 is 2.57 bits per heavy atom. The van der Waals surface area contributed by atoms with Gasteiger partial charge < -0.3 is 9.47 Å². The van der Waals surface area contributed by atoms with Crippen LogP contribution in [0.4, 0.5) is 0 Å². The largest absolute Gasteiger partial charge is 0.346 e. The average Bonchev–Trinajstić information content (AvgIpc) is 2.22. The Kier molecular flexibility index (Phi) is 4.02. The number of rotatable bonds is 3. The Morgan fingerprint density at radius 1 is 1.43 bits per heavy atom. The molecule has 0 saturated carbocycles. The van der Waals surface area contributed by atoms with Crippen LogP contribution >= 0.6 is 12.2 Å². The monoisotopic (exact) mass is 208 g/mol. The van der Waals surface area contributed by atoms with Gasteiger partial charge in [0.25, 0.3) is 0 Å². The van der Waals surface area contributed by atoms with Crippen LogP contribution in [0.3, 0.4) is 0 Å². The summed E-state index contributed by atoms with van der Waals surface area (Å²) in [5.74, 6) is 4.77. The predicted molar refractivity (Wildman–Crippen MR) is 60.0 cm³/mol. The van der Waals surface area contributed by atoms with Crippen LogP contribution in [0.1, 0.15) is 6.92 Å². The van der Waals surface area contributed by atoms with Gasteiger partial charge in [-0.15, -0.1) is 5.92 Å². The van der Waals surface area contributed by atoms with Gasteiger partial charge in [0.2, 0.25) is 5.79 Å². The van der Waals surface area contributed by atoms with Gasteiger partial charge in [0, 0.05) is 12.0 Å². The molecule has 0 atom stereocenters. The summed E-state index contributed by atoms with van der Waals surface area (Å²) in [7, 11) is 1.59. The number of allylic oxidation sites excluding steroid dienone is 2. The topological polar surface area (TPSA) is 18.5 Å². The maximum absolute atomic E-state index is 5.48. The molecule has 0 aromatic heterocycles. The number of thiocarbonyl (C=S) groups is 1. The van der Waals surface area contributed by atoms with E-state index in [1.807, 2.05) is 0 Å². The zero-order valence-electron chi connectivity index (χ0n) is 8.24. The Hall–Kier alpha value is -0.950. The fourth-order valence-corrected chi connectivity index (χ4v) is 1.16. The summed E-state index contributed by atoms with van der Waals surface area (Å²) in [6.07, 6.45) is 7.15. The molecule has 0 aromatic carbocycles. The van der Waals surface area contributed by atoms with E-state index in [2.05, 4.69) is 11.8 Å². The number of hydrogen-bond acceptors (Lipinski definition) is 3. The Labute approximate surface area is 89.6 Å². The lowest BCUT2D eigenvalue weighted by atomic mass is 10.1. The van der Waals surface area contributed by atoms with Gasteiger partial charge in [-0.3, -0.25) is 0 Å². The van der Waals surface area contributed by atoms with Crippen LogP contribution in [0.25, 0.3) is 0 Å². The van der Waals surface area contributed by atoms with Crippen molar-refractivity contribution >= 4 is 17.1 Å². The molecule has 1 aliphatic rings. The molecule has 14 heavy (non-hydrogen) atoms. The van der Waals surface area contributed by atoms with Crippen LogP contribution in [0.15, 0.2) is 24.3 Å². The lowest BCUT2D eigenvalue weighted by molar-refractivity contribution is -0.144. The minimum absolute atomic E-state index is 0.339. The second kappa shape index (κ2) is 5.06. The summed E-state index contributed by atoms with van der Waals surface area (Å²) in [5, 5.41) is 0. The first-order valence-corrected chi connectivity index (χ1v) is 4.64. The number of ether oxygens (including phenoxy) is 2. The molecule has 0 aliphatic heterocycles. The van der Waals surface area contributed by atoms with Crippen LogP contribution in [0, 0.1) is 11.8 Å². The highest BCUT2D eigenvalue weighted by atomic mass is 32.1. The molecule has 0 aromatic rings. The summed E-state index contributed by atoms with van der Waals surface area (Å²) in [4.78, 5) is 0.767. The maximum atomic E-state index is 5.48. The number of hydrogen-bond donors (Lipinski definition) is 0. The normalized spacial score (nSPS) is 17.7. The van der Waals surface area contributed by atoms with E-state index in [1.54, 1.807) is 38.3 Å². The van der Waals surface area contributed by atoms with Crippen LogP contribution < -0.4 is 0 Å². The zero-order chi connectivity index (χ0) is 10.4. The van der Waals surface area contributed by atoms with E-state index >= 15 is 0 Å². The molecule has 0 bridgehead atoms. The zero-order valence-corrected chi connectivity index (χ0v) is 9.06. The predicted octanol–water partition coefficient (Wildman–Crippen LogP) is 1.86. The molecule has 74 valence electrons. The highest BCUT2D eigenvalue weighted by Gasteiger charge is 2.25. The molecule has 0 spiro atoms. The molecular formula is C11H12O2S. The van der Waals surface area contributed by atoms with Gasteiger partial charge in [-0.05, 0) is 31.2 Å². The van der Waals surface area contributed by atoms with E-state index in [1.165, 1.54) is 0 Å². The van der Waals surface area contributed by atoms with Crippen molar-refractivity contribution in [2.24, 2.45) is 0 Å². The van der Waals surface area contributed by atoms with Gasteiger partial charge >= 0.3 is 0 Å². The molecule has 1 aliphatic carbocycles. The van der Waals surface area contributed by atoms with Crippen LogP contribution in [0.5, 0.6) is 0 Å². The van der Waals surface area contributed by atoms with Gasteiger partial charge in [0.15, 0.2) is 0 Å². The van der Waals surface area contributed by atoms with Crippen LogP contribution in [0.2, 0.25) is 0 Å². The summed E-state index contributed by atoms with van der Waals surface area (Å²) in [6.45, 7) is 2.11. The fraction of sp³-hybridized carbons (Fsp3) is 0.364. The first kappa shape index (κ1) is 11.1. The lowest BCUT2D eigenvalue weighted by Gasteiger charge is -2.26. The van der Waals surface area contributed by atoms with E-state index in [0.717, 1.165) is 4.86 Å². The van der Waals surface area contributed by atoms with Gasteiger partial charge in [-0.25, -0.2) is 0 Å². The minimum atomic E-state index is -0.799. The average molecular weight is 208 g/mol. The van der Waals surface area contributed by atoms with Crippen molar-refractivity contribution in [1.29, 1.82) is 0 Å². The standard InChI is InChI=1S/C11H12O2S/c1-3-4-9-13-11(12-2)7-5-10(14)6-8-11/h5-8H,9H2,1-2H3. The molecule has 0 N–H and O–H groups in total. The van der Waals surface area contributed by atoms with Crippen molar-refractivity contribution in [1.82, 2.24) is 0 Å². The van der Waals surface area contributed by atoms with Crippen molar-refractivity contribution in [2.45, 2.75) is 12.7 Å². The molecule has 0 amide bonds. The highest BCUT2D eigenvalue weighted by Crippen LogP contribution is 2.19. The molecule has 3 heteroatoms. The van der Waals surface area contributed by atoms with E-state index in [0.29, 0.717) is 6.61 Å². The van der Waals surface area contributed by atoms with Gasteiger partial charge in [-0.1, -0.05) is 18.1 Å². The first-order valence-electron chi connectivity index (χ1n) is 4.23. The summed E-state index contributed by atoms with van der Waals surface area (Å²) in [5.41, 5.74) is 0. The van der Waals surface area contributed by atoms with Gasteiger partial charge in [0.1, 0.15) is 6.61 Å². The van der Waals surface area contributed by atoms with E-state index in [9.17, 15) is 0 Å². The second-order valence-corrected chi connectivity index (χ2v) is 3.18. The van der Waals surface area contributed by atoms with Gasteiger partial charge in [0.05, 0.1) is 0 Å². The van der Waals surface area contributed by atoms with Crippen molar-refractivity contribution in [3.63, 3.8) is 0 Å². The van der Waals surface area contributed by atoms with E-state index < -0.39 is 5.79 Å². The third-order valence-electron chi connectivity index (χ3n) is 1.83. The Balaban J connectivity index is 2.66. The molecule has 0 heterocycles. The summed E-state index contributed by atoms with van der Waals surface area (Å²) >= 11 is 4.98. The van der Waals surface area contributed by atoms with Crippen LogP contribution in [-0.4, -0.2) is 24.4 Å². The Morgan fingerprint density at radius 2 is 2.07 bits per heavy atom. The number of methoxy groups -OCH3 is 1. The molecule has 1 rings (SSSR count). The first-order chi connectivity index (χ1) is 6.72. The highest BCUT2D eigenvalue weighted by molar-refractivity contribution is 7.81. The SMILES string of the molecule is CC#CCOC1(OC)C=CC(=S)C=C1. The van der Waals surface area contributed by atoms with Crippen molar-refractivity contribution in [3.05, 3.63) is 24.3 Å². The quantitative estimate of drug-likeness (QED) is 0.401. The lowest BCUT2D eigenvalue weighted by Crippen LogP contribution is -2.32. The van der Waals surface area contributed by atoms with Crippen molar-refractivity contribution in [3.8, 4) is 11.8 Å². The second-order valence-electron chi connectivity index (χ2n) is 2.71. The third-order valence-corrected chi connectivity index (χ3v) is 2.10. The van der Waals surface area contributed by atoms with Gasteiger partial charge in [-0.2, -0.15) is 0 Å². The van der Waals surface area contributed by atoms with Crippen LogP contribution in [-0.2, 0) is 9.47 Å². The maximum Gasteiger partial charge on any atom is 0.209 e. The summed E-state index contributed by atoms with van der Waals surface area (Å²) in [6, 6.07) is 0. The van der Waals surface area contributed by atoms with E-state index in [4.69, 9.17) is 21.7 Å². The smallest absolute Gasteiger partial charge is 0.209 e. The van der Waals surface area contributed by atoms with Crippen molar-refractivity contribution in [2.75, 3.05) is 13.7 Å². The Bertz CT molecular complexity index is 315. The molecule has 0 fully saturated rings. The molecular weight excluding hydrogens is 196 g/mol. The molecule has 2 nitrogen and oxygen atoms in total. The molecule has 0 saturated heterocycles. The van der Waals surface area contributed by atoms with Crippen molar-refractivity contribution < 1.29 is 9.47 Å². The molecule has 0 unspecified atom stereocenters. The van der Waals surface area contributed by atoms with E-state index in [-0.39, 0.29) is 0 Å². The third kappa shape index (κ3) is 2.78. The molecule has 0 radical (unpaired) electrons. The summed E-state index contributed by atoms with van der Waals surface area (Å²) < 4.78 is 10.7.